The Hall–Kier alpha value is -4.78. The largest absolute Gasteiger partial charge is 0.393 e. The van der Waals surface area contributed by atoms with Gasteiger partial charge in [-0.25, -0.2) is 23.5 Å². The molecule has 1 fully saturated rings. The Balaban J connectivity index is 1.56. The van der Waals surface area contributed by atoms with Gasteiger partial charge >= 0.3 is 5.69 Å². The number of aliphatic hydroxyl groups is 1. The number of halogens is 2. The molecule has 1 aliphatic heterocycles. The van der Waals surface area contributed by atoms with Crippen LogP contribution in [0, 0.1) is 0 Å². The molecule has 5 heterocycles. The van der Waals surface area contributed by atoms with Crippen molar-refractivity contribution in [1.82, 2.24) is 38.0 Å². The van der Waals surface area contributed by atoms with Crippen molar-refractivity contribution in [3.05, 3.63) is 65.2 Å². The number of aliphatic hydroxyl groups excluding tert-OH is 1. The number of aryl methyl sites for hydroxylation is 4. The van der Waals surface area contributed by atoms with Crippen molar-refractivity contribution in [1.29, 1.82) is 0 Å². The molecule has 222 valence electrons. The van der Waals surface area contributed by atoms with Crippen molar-refractivity contribution in [2.45, 2.75) is 25.4 Å². The summed E-state index contributed by atoms with van der Waals surface area (Å²) in [6, 6.07) is 7.07. The van der Waals surface area contributed by atoms with Crippen LogP contribution in [0.5, 0.6) is 0 Å². The predicted octanol–water partition coefficient (Wildman–Crippen LogP) is 3.92. The van der Waals surface area contributed by atoms with Gasteiger partial charge in [0.25, 0.3) is 6.43 Å². The summed E-state index contributed by atoms with van der Waals surface area (Å²) < 4.78 is 37.8. The van der Waals surface area contributed by atoms with E-state index in [0.29, 0.717) is 70.8 Å². The first kappa shape index (κ1) is 27.1. The second-order valence-electron chi connectivity index (χ2n) is 11.2. The molecule has 11 nitrogen and oxygen atoms in total. The number of benzene rings is 2. The molecule has 1 saturated heterocycles. The number of piperidine rings is 1. The van der Waals surface area contributed by atoms with Gasteiger partial charge < -0.3 is 14.6 Å². The van der Waals surface area contributed by atoms with E-state index in [2.05, 4.69) is 15.0 Å². The average molecular weight is 588 g/mol. The zero-order chi connectivity index (χ0) is 30.2. The van der Waals surface area contributed by atoms with Crippen LogP contribution in [-0.2, 0) is 28.2 Å². The lowest BCUT2D eigenvalue weighted by Crippen LogP contribution is -2.36. The third kappa shape index (κ3) is 4.25. The molecule has 0 radical (unpaired) electrons. The van der Waals surface area contributed by atoms with Crippen LogP contribution in [-0.4, -0.2) is 62.3 Å². The van der Waals surface area contributed by atoms with E-state index in [1.54, 1.807) is 65.9 Å². The van der Waals surface area contributed by atoms with Crippen LogP contribution in [0.2, 0.25) is 0 Å². The molecule has 0 amide bonds. The summed E-state index contributed by atoms with van der Waals surface area (Å²) in [5.74, 6) is 0.527. The second kappa shape index (κ2) is 9.90. The monoisotopic (exact) mass is 587 g/mol. The normalized spacial score (nSPS) is 14.7. The molecule has 1 aliphatic rings. The third-order valence-electron chi connectivity index (χ3n) is 8.51. The van der Waals surface area contributed by atoms with E-state index in [1.165, 1.54) is 6.07 Å². The highest BCUT2D eigenvalue weighted by molar-refractivity contribution is 5.94. The summed E-state index contributed by atoms with van der Waals surface area (Å²) in [6.07, 6.45) is 4.73. The standard InChI is InChI=1S/C30H31F2N9O2/c1-36-16-33-14-26(36)29-35-22-11-20(17-13-34-37(2)15-17)21(28(31)32)12-23(22)41(29)18-9-24-27(39(4)30(43)38(24)3)25(10-18)40-7-5-19(42)6-8-40/h9-16,19,28,42H,5-8H2,1-4H3. The lowest BCUT2D eigenvalue weighted by molar-refractivity contribution is 0.145. The van der Waals surface area contributed by atoms with E-state index in [1.807, 2.05) is 28.3 Å². The topological polar surface area (TPSA) is 104 Å². The van der Waals surface area contributed by atoms with E-state index in [-0.39, 0.29) is 17.4 Å². The zero-order valence-corrected chi connectivity index (χ0v) is 24.2. The molecule has 0 atom stereocenters. The Kier molecular flexibility index (Phi) is 6.24. The van der Waals surface area contributed by atoms with Crippen molar-refractivity contribution < 1.29 is 13.9 Å². The third-order valence-corrected chi connectivity index (χ3v) is 8.51. The molecule has 2 aromatic carbocycles. The number of hydrogen-bond donors (Lipinski definition) is 1. The van der Waals surface area contributed by atoms with Crippen molar-refractivity contribution in [2.75, 3.05) is 18.0 Å². The Bertz CT molecular complexity index is 2070. The summed E-state index contributed by atoms with van der Waals surface area (Å²) >= 11 is 0. The lowest BCUT2D eigenvalue weighted by atomic mass is 10.0. The SMILES string of the molecule is Cn1cc(-c2cc3nc(-c4cncn4C)n(-c4cc(N5CCC(O)CC5)c5c(c4)n(C)c(=O)n5C)c3cc2C(F)F)cn1. The average Bonchev–Trinajstić information content (AvgIpc) is 3.75. The number of nitrogens with zero attached hydrogens (tertiary/aromatic N) is 9. The van der Waals surface area contributed by atoms with Gasteiger partial charge in [-0.15, -0.1) is 0 Å². The van der Waals surface area contributed by atoms with Gasteiger partial charge in [-0.05, 0) is 42.7 Å². The Labute approximate surface area is 244 Å². The maximum Gasteiger partial charge on any atom is 0.328 e. The van der Waals surface area contributed by atoms with Crippen LogP contribution in [0.4, 0.5) is 14.5 Å². The molecule has 4 aromatic heterocycles. The fourth-order valence-electron chi connectivity index (χ4n) is 6.23. The van der Waals surface area contributed by atoms with E-state index in [9.17, 15) is 18.7 Å². The van der Waals surface area contributed by atoms with E-state index < -0.39 is 6.43 Å². The van der Waals surface area contributed by atoms with Crippen molar-refractivity contribution in [3.63, 3.8) is 0 Å². The predicted molar refractivity (Wildman–Crippen MR) is 160 cm³/mol. The Morgan fingerprint density at radius 1 is 0.977 bits per heavy atom. The van der Waals surface area contributed by atoms with Gasteiger partial charge in [0.15, 0.2) is 5.82 Å². The van der Waals surface area contributed by atoms with Crippen molar-refractivity contribution in [2.24, 2.45) is 28.2 Å². The number of imidazole rings is 3. The number of fused-ring (bicyclic) bond motifs is 2. The number of aromatic nitrogens is 8. The number of alkyl halides is 2. The zero-order valence-electron chi connectivity index (χ0n) is 24.2. The summed E-state index contributed by atoms with van der Waals surface area (Å²) in [5.41, 5.74) is 5.34. The maximum absolute atomic E-state index is 14.6. The maximum atomic E-state index is 14.6. The molecule has 0 bridgehead atoms. The number of hydrogen-bond acceptors (Lipinski definition) is 6. The quantitative estimate of drug-likeness (QED) is 0.328. The van der Waals surface area contributed by atoms with E-state index >= 15 is 0 Å². The van der Waals surface area contributed by atoms with Gasteiger partial charge in [0.05, 0.1) is 58.3 Å². The number of anilines is 1. The van der Waals surface area contributed by atoms with Crippen LogP contribution < -0.4 is 10.6 Å². The van der Waals surface area contributed by atoms with Crippen LogP contribution >= 0.6 is 0 Å². The molecule has 13 heteroatoms. The highest BCUT2D eigenvalue weighted by Crippen LogP contribution is 2.39. The highest BCUT2D eigenvalue weighted by atomic mass is 19.3. The number of rotatable bonds is 5. The van der Waals surface area contributed by atoms with Crippen LogP contribution in [0.25, 0.3) is 50.4 Å². The molecule has 7 rings (SSSR count). The van der Waals surface area contributed by atoms with Gasteiger partial charge in [0.2, 0.25) is 0 Å². The fourth-order valence-corrected chi connectivity index (χ4v) is 6.23. The van der Waals surface area contributed by atoms with Gasteiger partial charge in [-0.3, -0.25) is 18.4 Å². The summed E-state index contributed by atoms with van der Waals surface area (Å²) in [6.45, 7) is 1.23. The van der Waals surface area contributed by atoms with E-state index in [0.717, 1.165) is 11.2 Å². The summed E-state index contributed by atoms with van der Waals surface area (Å²) in [7, 11) is 7.07. The Morgan fingerprint density at radius 3 is 2.40 bits per heavy atom. The molecule has 0 unspecified atom stereocenters. The molecule has 0 spiro atoms. The minimum absolute atomic E-state index is 0.128. The minimum Gasteiger partial charge on any atom is -0.393 e. The molecular weight excluding hydrogens is 556 g/mol. The van der Waals surface area contributed by atoms with Gasteiger partial charge in [-0.2, -0.15) is 5.10 Å². The lowest BCUT2D eigenvalue weighted by Gasteiger charge is -2.32. The smallest absolute Gasteiger partial charge is 0.328 e. The van der Waals surface area contributed by atoms with Gasteiger partial charge in [0.1, 0.15) is 5.69 Å². The molecule has 1 N–H and O–H groups in total. The van der Waals surface area contributed by atoms with Crippen LogP contribution in [0.3, 0.4) is 0 Å². The molecular formula is C30H31F2N9O2. The molecule has 6 aromatic rings. The molecule has 0 aliphatic carbocycles. The summed E-state index contributed by atoms with van der Waals surface area (Å²) in [4.78, 5) is 24.6. The van der Waals surface area contributed by atoms with Gasteiger partial charge in [-0.1, -0.05) is 0 Å². The van der Waals surface area contributed by atoms with E-state index in [4.69, 9.17) is 4.98 Å². The van der Waals surface area contributed by atoms with Crippen molar-refractivity contribution >= 4 is 27.8 Å². The highest BCUT2D eigenvalue weighted by Gasteiger charge is 2.26. The molecule has 0 saturated carbocycles. The van der Waals surface area contributed by atoms with Crippen molar-refractivity contribution in [3.8, 4) is 28.3 Å². The van der Waals surface area contributed by atoms with Crippen LogP contribution in [0.15, 0.2) is 54.0 Å². The first-order valence-electron chi connectivity index (χ1n) is 14.1. The Morgan fingerprint density at radius 2 is 1.74 bits per heavy atom. The minimum atomic E-state index is -2.74. The second-order valence-corrected chi connectivity index (χ2v) is 11.2. The van der Waals surface area contributed by atoms with Crippen LogP contribution in [0.1, 0.15) is 24.8 Å². The molecule has 43 heavy (non-hydrogen) atoms. The fraction of sp³-hybridized carbons (Fsp3) is 0.333. The van der Waals surface area contributed by atoms with Gasteiger partial charge in [0, 0.05) is 58.6 Å². The summed E-state index contributed by atoms with van der Waals surface area (Å²) in [5, 5.41) is 14.4. The first-order chi connectivity index (χ1) is 20.6. The first-order valence-corrected chi connectivity index (χ1v) is 14.1.